The van der Waals surface area contributed by atoms with Crippen LogP contribution in [0.4, 0.5) is 0 Å². The standard InChI is InChI=1S/C9H18N6/c1-7-4-15(5-8(2)10-7)6-9-11-13-14(3)12-9/h7-8,10H,4-6H2,1-3H3. The van der Waals surface area contributed by atoms with E-state index in [0.717, 1.165) is 25.5 Å². The molecule has 15 heavy (non-hydrogen) atoms. The molecule has 2 heterocycles. The zero-order valence-corrected chi connectivity index (χ0v) is 9.51. The highest BCUT2D eigenvalue weighted by atomic mass is 15.6. The van der Waals surface area contributed by atoms with Gasteiger partial charge in [-0.25, -0.2) is 0 Å². The molecule has 0 aliphatic carbocycles. The lowest BCUT2D eigenvalue weighted by Crippen LogP contribution is -2.53. The predicted octanol–water partition coefficient (Wildman–Crippen LogP) is -0.608. The van der Waals surface area contributed by atoms with Gasteiger partial charge in [-0.1, -0.05) is 0 Å². The third-order valence-corrected chi connectivity index (χ3v) is 2.55. The highest BCUT2D eigenvalue weighted by molar-refractivity contribution is 4.85. The quantitative estimate of drug-likeness (QED) is 0.706. The van der Waals surface area contributed by atoms with Crippen LogP contribution < -0.4 is 5.32 Å². The van der Waals surface area contributed by atoms with Crippen molar-refractivity contribution in [1.29, 1.82) is 0 Å². The zero-order chi connectivity index (χ0) is 10.8. The van der Waals surface area contributed by atoms with Crippen molar-refractivity contribution in [3.63, 3.8) is 0 Å². The van der Waals surface area contributed by atoms with E-state index in [2.05, 4.69) is 39.5 Å². The van der Waals surface area contributed by atoms with E-state index >= 15 is 0 Å². The number of rotatable bonds is 2. The lowest BCUT2D eigenvalue weighted by molar-refractivity contribution is 0.163. The molecule has 1 N–H and O–H groups in total. The van der Waals surface area contributed by atoms with E-state index in [0.29, 0.717) is 12.1 Å². The molecule has 0 amide bonds. The highest BCUT2D eigenvalue weighted by Gasteiger charge is 2.21. The predicted molar refractivity (Wildman–Crippen MR) is 56.1 cm³/mol. The van der Waals surface area contributed by atoms with Gasteiger partial charge in [0.25, 0.3) is 0 Å². The molecular weight excluding hydrogens is 192 g/mol. The van der Waals surface area contributed by atoms with E-state index in [-0.39, 0.29) is 0 Å². The van der Waals surface area contributed by atoms with Gasteiger partial charge in [0.15, 0.2) is 5.82 Å². The molecule has 0 saturated carbocycles. The van der Waals surface area contributed by atoms with E-state index < -0.39 is 0 Å². The Kier molecular flexibility index (Phi) is 2.97. The van der Waals surface area contributed by atoms with E-state index in [4.69, 9.17) is 0 Å². The Balaban J connectivity index is 1.94. The second-order valence-electron chi connectivity index (χ2n) is 4.36. The van der Waals surface area contributed by atoms with Crippen molar-refractivity contribution >= 4 is 0 Å². The van der Waals surface area contributed by atoms with E-state index in [1.54, 1.807) is 7.05 Å². The lowest BCUT2D eigenvalue weighted by atomic mass is 10.1. The SMILES string of the molecule is CC1CN(Cc2nnn(C)n2)CC(C)N1. The van der Waals surface area contributed by atoms with Crippen LogP contribution in [-0.4, -0.2) is 50.3 Å². The van der Waals surface area contributed by atoms with Crippen molar-refractivity contribution in [2.45, 2.75) is 32.5 Å². The van der Waals surface area contributed by atoms with Crippen LogP contribution in [0, 0.1) is 0 Å². The molecule has 84 valence electrons. The molecule has 0 spiro atoms. The van der Waals surface area contributed by atoms with E-state index in [1.807, 2.05) is 0 Å². The first-order valence-electron chi connectivity index (χ1n) is 5.35. The Morgan fingerprint density at radius 1 is 1.33 bits per heavy atom. The molecule has 0 bridgehead atoms. The molecule has 1 aromatic heterocycles. The van der Waals surface area contributed by atoms with Crippen LogP contribution in [0.5, 0.6) is 0 Å². The van der Waals surface area contributed by atoms with Crippen molar-refractivity contribution in [3.8, 4) is 0 Å². The minimum atomic E-state index is 0.533. The zero-order valence-electron chi connectivity index (χ0n) is 9.51. The lowest BCUT2D eigenvalue weighted by Gasteiger charge is -2.35. The summed E-state index contributed by atoms with van der Waals surface area (Å²) in [4.78, 5) is 3.87. The molecule has 2 atom stereocenters. The van der Waals surface area contributed by atoms with Gasteiger partial charge in [-0.15, -0.1) is 10.2 Å². The summed E-state index contributed by atoms with van der Waals surface area (Å²) in [7, 11) is 1.79. The molecular formula is C9H18N6. The summed E-state index contributed by atoms with van der Waals surface area (Å²) >= 11 is 0. The molecule has 6 heteroatoms. The molecule has 1 aliphatic heterocycles. The maximum atomic E-state index is 4.19. The maximum Gasteiger partial charge on any atom is 0.188 e. The molecule has 2 rings (SSSR count). The summed E-state index contributed by atoms with van der Waals surface area (Å²) in [6, 6.07) is 1.07. The monoisotopic (exact) mass is 210 g/mol. The fourth-order valence-corrected chi connectivity index (χ4v) is 2.16. The second-order valence-corrected chi connectivity index (χ2v) is 4.36. The number of nitrogens with zero attached hydrogens (tertiary/aromatic N) is 5. The minimum Gasteiger partial charge on any atom is -0.309 e. The van der Waals surface area contributed by atoms with Gasteiger partial charge in [0.1, 0.15) is 0 Å². The van der Waals surface area contributed by atoms with Crippen LogP contribution in [0.1, 0.15) is 19.7 Å². The Bertz CT molecular complexity index is 312. The molecule has 2 unspecified atom stereocenters. The Hall–Kier alpha value is -1.01. The Morgan fingerprint density at radius 2 is 2.00 bits per heavy atom. The number of aryl methyl sites for hydroxylation is 1. The Morgan fingerprint density at radius 3 is 2.53 bits per heavy atom. The molecule has 0 radical (unpaired) electrons. The van der Waals surface area contributed by atoms with Gasteiger partial charge < -0.3 is 5.32 Å². The molecule has 6 nitrogen and oxygen atoms in total. The largest absolute Gasteiger partial charge is 0.309 e. The maximum absolute atomic E-state index is 4.19. The summed E-state index contributed by atoms with van der Waals surface area (Å²) in [5, 5.41) is 15.5. The fraction of sp³-hybridized carbons (Fsp3) is 0.889. The van der Waals surface area contributed by atoms with Gasteiger partial charge in [-0.2, -0.15) is 4.80 Å². The minimum absolute atomic E-state index is 0.533. The van der Waals surface area contributed by atoms with Gasteiger partial charge in [0.05, 0.1) is 13.6 Å². The fourth-order valence-electron chi connectivity index (χ4n) is 2.16. The van der Waals surface area contributed by atoms with Crippen LogP contribution in [0.3, 0.4) is 0 Å². The number of hydrogen-bond donors (Lipinski definition) is 1. The summed E-state index contributed by atoms with van der Waals surface area (Å²) in [6.07, 6.45) is 0. The first-order chi connectivity index (χ1) is 7.13. The topological polar surface area (TPSA) is 58.9 Å². The van der Waals surface area contributed by atoms with Gasteiger partial charge >= 0.3 is 0 Å². The highest BCUT2D eigenvalue weighted by Crippen LogP contribution is 2.06. The number of hydrogen-bond acceptors (Lipinski definition) is 5. The first kappa shape index (κ1) is 10.5. The summed E-state index contributed by atoms with van der Waals surface area (Å²) in [5.74, 6) is 0.804. The van der Waals surface area contributed by atoms with Crippen LogP contribution in [0.15, 0.2) is 0 Å². The molecule has 1 aromatic rings. The van der Waals surface area contributed by atoms with Gasteiger partial charge in [0, 0.05) is 25.2 Å². The molecule has 1 saturated heterocycles. The molecule has 1 fully saturated rings. The third kappa shape index (κ3) is 2.73. The van der Waals surface area contributed by atoms with Crippen molar-refractivity contribution in [2.24, 2.45) is 7.05 Å². The molecule has 0 aromatic carbocycles. The first-order valence-corrected chi connectivity index (χ1v) is 5.35. The van der Waals surface area contributed by atoms with Gasteiger partial charge in [-0.05, 0) is 19.1 Å². The van der Waals surface area contributed by atoms with Gasteiger partial charge in [0.2, 0.25) is 0 Å². The average molecular weight is 210 g/mol. The van der Waals surface area contributed by atoms with Crippen molar-refractivity contribution in [1.82, 2.24) is 30.4 Å². The number of tetrazole rings is 1. The van der Waals surface area contributed by atoms with Gasteiger partial charge in [-0.3, -0.25) is 4.90 Å². The van der Waals surface area contributed by atoms with Crippen molar-refractivity contribution in [2.75, 3.05) is 13.1 Å². The van der Waals surface area contributed by atoms with E-state index in [9.17, 15) is 0 Å². The molecule has 1 aliphatic rings. The summed E-state index contributed by atoms with van der Waals surface area (Å²) < 4.78 is 0. The third-order valence-electron chi connectivity index (χ3n) is 2.55. The van der Waals surface area contributed by atoms with Crippen molar-refractivity contribution < 1.29 is 0 Å². The average Bonchev–Trinajstić information content (AvgIpc) is 2.49. The smallest absolute Gasteiger partial charge is 0.188 e. The summed E-state index contributed by atoms with van der Waals surface area (Å²) in [6.45, 7) is 7.29. The number of piperazine rings is 1. The second kappa shape index (κ2) is 4.24. The number of nitrogens with one attached hydrogen (secondary N) is 1. The van der Waals surface area contributed by atoms with E-state index in [1.165, 1.54) is 4.80 Å². The van der Waals surface area contributed by atoms with Crippen molar-refractivity contribution in [3.05, 3.63) is 5.82 Å². The van der Waals surface area contributed by atoms with Crippen LogP contribution in [0.2, 0.25) is 0 Å². The van der Waals surface area contributed by atoms with Crippen LogP contribution >= 0.6 is 0 Å². The Labute approximate surface area is 89.6 Å². The summed E-state index contributed by atoms with van der Waals surface area (Å²) in [5.41, 5.74) is 0. The normalized spacial score (nSPS) is 28.2. The van der Waals surface area contributed by atoms with Crippen LogP contribution in [0.25, 0.3) is 0 Å². The number of aromatic nitrogens is 4. The van der Waals surface area contributed by atoms with Crippen LogP contribution in [-0.2, 0) is 13.6 Å².